The second kappa shape index (κ2) is 9.70. The zero-order valence-electron chi connectivity index (χ0n) is 13.5. The lowest BCUT2D eigenvalue weighted by molar-refractivity contribution is 0.123. The van der Waals surface area contributed by atoms with Crippen molar-refractivity contribution in [2.75, 3.05) is 66.5 Å². The largest absolute Gasteiger partial charge is 0.315 e. The van der Waals surface area contributed by atoms with Gasteiger partial charge in [0.05, 0.1) is 0 Å². The molecule has 0 saturated carbocycles. The van der Waals surface area contributed by atoms with Crippen LogP contribution in [0.2, 0.25) is 0 Å². The number of nitrogens with one attached hydrogen (secondary N) is 1. The number of piperazine rings is 1. The number of hydrogen-bond donors (Lipinski definition) is 1. The Balaban J connectivity index is 2.03. The molecule has 1 aliphatic rings. The van der Waals surface area contributed by atoms with Crippen LogP contribution < -0.4 is 5.32 Å². The van der Waals surface area contributed by atoms with Crippen molar-refractivity contribution in [2.24, 2.45) is 0 Å². The Morgan fingerprint density at radius 2 is 1.63 bits per heavy atom. The van der Waals surface area contributed by atoms with E-state index in [0.29, 0.717) is 6.04 Å². The highest BCUT2D eigenvalue weighted by molar-refractivity contribution is 4.73. The molecular weight excluding hydrogens is 236 g/mol. The van der Waals surface area contributed by atoms with E-state index >= 15 is 0 Å². The van der Waals surface area contributed by atoms with Crippen LogP contribution in [0.4, 0.5) is 0 Å². The molecule has 0 amide bonds. The first kappa shape index (κ1) is 16.9. The van der Waals surface area contributed by atoms with E-state index in [9.17, 15) is 0 Å². The van der Waals surface area contributed by atoms with Crippen LogP contribution in [0, 0.1) is 0 Å². The van der Waals surface area contributed by atoms with Gasteiger partial charge in [0.15, 0.2) is 0 Å². The molecule has 4 nitrogen and oxygen atoms in total. The van der Waals surface area contributed by atoms with Crippen LogP contribution in [-0.4, -0.2) is 87.2 Å². The highest BCUT2D eigenvalue weighted by atomic mass is 15.3. The number of likely N-dealkylation sites (N-methyl/N-ethyl adjacent to an activating group) is 1. The lowest BCUT2D eigenvalue weighted by atomic mass is 10.1. The Morgan fingerprint density at radius 1 is 1.05 bits per heavy atom. The Hall–Kier alpha value is -0.160. The molecule has 0 bridgehead atoms. The minimum atomic E-state index is 0.673. The standard InChI is InChI=1S/C15H34N4/c1-5-16-15(2)7-6-8-18-11-13-19(14-12-18)10-9-17(3)4/h15-16H,5-14H2,1-4H3. The topological polar surface area (TPSA) is 21.8 Å². The number of nitrogens with zero attached hydrogens (tertiary/aromatic N) is 3. The van der Waals surface area contributed by atoms with Crippen molar-refractivity contribution in [3.8, 4) is 0 Å². The minimum absolute atomic E-state index is 0.673. The normalized spacial score (nSPS) is 20.1. The SMILES string of the molecule is CCNC(C)CCCN1CCN(CCN(C)C)CC1. The molecule has 1 rings (SSSR count). The van der Waals surface area contributed by atoms with Crippen molar-refractivity contribution in [3.63, 3.8) is 0 Å². The Bertz CT molecular complexity index is 212. The van der Waals surface area contributed by atoms with Crippen LogP contribution in [-0.2, 0) is 0 Å². The third-order valence-corrected chi connectivity index (χ3v) is 3.99. The van der Waals surface area contributed by atoms with E-state index in [1.807, 2.05) is 0 Å². The van der Waals surface area contributed by atoms with Gasteiger partial charge in [-0.2, -0.15) is 0 Å². The second-order valence-corrected chi connectivity index (χ2v) is 6.09. The molecule has 0 aromatic heterocycles. The van der Waals surface area contributed by atoms with Gasteiger partial charge in [0.1, 0.15) is 0 Å². The molecule has 0 spiro atoms. The number of hydrogen-bond acceptors (Lipinski definition) is 4. The van der Waals surface area contributed by atoms with Crippen LogP contribution in [0.1, 0.15) is 26.7 Å². The van der Waals surface area contributed by atoms with E-state index in [-0.39, 0.29) is 0 Å². The van der Waals surface area contributed by atoms with Crippen molar-refractivity contribution < 1.29 is 0 Å². The molecule has 1 aliphatic heterocycles. The quantitative estimate of drug-likeness (QED) is 0.673. The fraction of sp³-hybridized carbons (Fsp3) is 1.00. The van der Waals surface area contributed by atoms with Gasteiger partial charge in [-0.25, -0.2) is 0 Å². The van der Waals surface area contributed by atoms with Gasteiger partial charge >= 0.3 is 0 Å². The van der Waals surface area contributed by atoms with Crippen LogP contribution in [0.3, 0.4) is 0 Å². The molecule has 0 radical (unpaired) electrons. The van der Waals surface area contributed by atoms with Crippen LogP contribution >= 0.6 is 0 Å². The van der Waals surface area contributed by atoms with Crippen molar-refractivity contribution >= 4 is 0 Å². The van der Waals surface area contributed by atoms with Crippen molar-refractivity contribution in [1.29, 1.82) is 0 Å². The van der Waals surface area contributed by atoms with E-state index in [0.717, 1.165) is 6.54 Å². The van der Waals surface area contributed by atoms with E-state index in [4.69, 9.17) is 0 Å². The van der Waals surface area contributed by atoms with Crippen LogP contribution in [0.5, 0.6) is 0 Å². The summed E-state index contributed by atoms with van der Waals surface area (Å²) in [4.78, 5) is 7.50. The highest BCUT2D eigenvalue weighted by Gasteiger charge is 2.16. The van der Waals surface area contributed by atoms with Gasteiger partial charge in [0, 0.05) is 45.3 Å². The zero-order valence-corrected chi connectivity index (χ0v) is 13.5. The lowest BCUT2D eigenvalue weighted by Crippen LogP contribution is -2.48. The molecule has 1 fully saturated rings. The third-order valence-electron chi connectivity index (χ3n) is 3.99. The minimum Gasteiger partial charge on any atom is -0.315 e. The smallest absolute Gasteiger partial charge is 0.0110 e. The van der Waals surface area contributed by atoms with Gasteiger partial charge in [0.25, 0.3) is 0 Å². The molecule has 114 valence electrons. The molecular formula is C15H34N4. The molecule has 1 atom stereocenters. The van der Waals surface area contributed by atoms with Gasteiger partial charge in [-0.3, -0.25) is 4.90 Å². The second-order valence-electron chi connectivity index (χ2n) is 6.09. The molecule has 1 unspecified atom stereocenters. The summed E-state index contributed by atoms with van der Waals surface area (Å²) in [6.45, 7) is 14.2. The predicted molar refractivity (Wildman–Crippen MR) is 83.8 cm³/mol. The van der Waals surface area contributed by atoms with Gasteiger partial charge in [-0.1, -0.05) is 6.92 Å². The molecule has 19 heavy (non-hydrogen) atoms. The average molecular weight is 270 g/mol. The van der Waals surface area contributed by atoms with Gasteiger partial charge < -0.3 is 15.1 Å². The Labute approximate surface area is 120 Å². The van der Waals surface area contributed by atoms with Crippen LogP contribution in [0.15, 0.2) is 0 Å². The first-order valence-corrected chi connectivity index (χ1v) is 7.94. The van der Waals surface area contributed by atoms with Crippen molar-refractivity contribution in [2.45, 2.75) is 32.7 Å². The summed E-state index contributed by atoms with van der Waals surface area (Å²) in [5.41, 5.74) is 0. The Morgan fingerprint density at radius 3 is 2.16 bits per heavy atom. The summed E-state index contributed by atoms with van der Waals surface area (Å²) in [5.74, 6) is 0. The summed E-state index contributed by atoms with van der Waals surface area (Å²) in [6, 6.07) is 0.673. The fourth-order valence-electron chi connectivity index (χ4n) is 2.65. The summed E-state index contributed by atoms with van der Waals surface area (Å²) in [7, 11) is 4.31. The molecule has 0 aromatic rings. The van der Waals surface area contributed by atoms with Gasteiger partial charge in [-0.15, -0.1) is 0 Å². The average Bonchev–Trinajstić information content (AvgIpc) is 2.38. The number of rotatable bonds is 9. The summed E-state index contributed by atoms with van der Waals surface area (Å²) >= 11 is 0. The molecule has 4 heteroatoms. The monoisotopic (exact) mass is 270 g/mol. The molecule has 1 heterocycles. The molecule has 0 aliphatic carbocycles. The predicted octanol–water partition coefficient (Wildman–Crippen LogP) is 0.944. The maximum atomic E-state index is 3.49. The van der Waals surface area contributed by atoms with E-state index < -0.39 is 0 Å². The third kappa shape index (κ3) is 7.88. The summed E-state index contributed by atoms with van der Waals surface area (Å²) in [5, 5.41) is 3.49. The fourth-order valence-corrected chi connectivity index (χ4v) is 2.65. The van der Waals surface area contributed by atoms with Crippen LogP contribution in [0.25, 0.3) is 0 Å². The lowest BCUT2D eigenvalue weighted by Gasteiger charge is -2.35. The van der Waals surface area contributed by atoms with E-state index in [1.165, 1.54) is 58.7 Å². The van der Waals surface area contributed by atoms with Crippen molar-refractivity contribution in [1.82, 2.24) is 20.0 Å². The van der Waals surface area contributed by atoms with Crippen molar-refractivity contribution in [3.05, 3.63) is 0 Å². The maximum Gasteiger partial charge on any atom is 0.0110 e. The van der Waals surface area contributed by atoms with E-state index in [2.05, 4.69) is 48.0 Å². The first-order chi connectivity index (χ1) is 9.11. The van der Waals surface area contributed by atoms with E-state index in [1.54, 1.807) is 0 Å². The van der Waals surface area contributed by atoms with Gasteiger partial charge in [0.2, 0.25) is 0 Å². The molecule has 0 aromatic carbocycles. The summed E-state index contributed by atoms with van der Waals surface area (Å²) < 4.78 is 0. The van der Waals surface area contributed by atoms with Gasteiger partial charge in [-0.05, 0) is 47.0 Å². The first-order valence-electron chi connectivity index (χ1n) is 7.94. The molecule has 1 N–H and O–H groups in total. The summed E-state index contributed by atoms with van der Waals surface area (Å²) in [6.07, 6.45) is 2.63. The molecule has 1 saturated heterocycles. The maximum absolute atomic E-state index is 3.49. The Kier molecular flexibility index (Phi) is 8.62. The zero-order chi connectivity index (χ0) is 14.1. The highest BCUT2D eigenvalue weighted by Crippen LogP contribution is 2.05.